The molecule has 0 spiro atoms. The summed E-state index contributed by atoms with van der Waals surface area (Å²) in [5.41, 5.74) is 0.888. The first-order valence-electron chi connectivity index (χ1n) is 5.11. The van der Waals surface area contributed by atoms with Gasteiger partial charge in [-0.2, -0.15) is 0 Å². The Morgan fingerprint density at radius 2 is 2.12 bits per heavy atom. The monoisotopic (exact) mass is 299 g/mol. The van der Waals surface area contributed by atoms with Crippen molar-refractivity contribution in [2.75, 3.05) is 13.2 Å². The maximum atomic E-state index is 11.4. The molecule has 0 fully saturated rings. The van der Waals surface area contributed by atoms with Gasteiger partial charge >= 0.3 is 0 Å². The molecule has 0 saturated heterocycles. The molecule has 0 bridgehead atoms. The summed E-state index contributed by atoms with van der Waals surface area (Å²) in [5.74, 6) is -0.349. The molecular weight excluding hydrogens is 286 g/mol. The van der Waals surface area contributed by atoms with Crippen molar-refractivity contribution in [3.8, 4) is 0 Å². The average molecular weight is 300 g/mol. The molecule has 0 aliphatic rings. The summed E-state index contributed by atoms with van der Waals surface area (Å²) in [6.45, 7) is -0.570. The van der Waals surface area contributed by atoms with E-state index >= 15 is 0 Å². The van der Waals surface area contributed by atoms with Gasteiger partial charge in [0.25, 0.3) is 0 Å². The lowest BCUT2D eigenvalue weighted by Crippen LogP contribution is -2.39. The zero-order chi connectivity index (χ0) is 12.7. The van der Waals surface area contributed by atoms with Gasteiger partial charge in [-0.3, -0.25) is 4.79 Å². The largest absolute Gasteiger partial charge is 0.394 e. The Morgan fingerprint density at radius 3 is 2.71 bits per heavy atom. The van der Waals surface area contributed by atoms with Gasteiger partial charge in [0.1, 0.15) is 0 Å². The summed E-state index contributed by atoms with van der Waals surface area (Å²) < 4.78 is 0.934. The Kier molecular flexibility index (Phi) is 5.90. The second kappa shape index (κ2) is 7.21. The Hall–Kier alpha value is -1.17. The van der Waals surface area contributed by atoms with Crippen LogP contribution in [0, 0.1) is 0 Å². The van der Waals surface area contributed by atoms with Crippen LogP contribution >= 0.6 is 15.9 Å². The minimum Gasteiger partial charge on any atom is -0.394 e. The molecule has 0 aliphatic carbocycles. The first-order chi connectivity index (χ1) is 8.15. The molecular formula is C12H14BrNO3. The number of rotatable bonds is 5. The molecule has 1 rings (SSSR count). The molecule has 0 saturated carbocycles. The highest BCUT2D eigenvalue weighted by atomic mass is 79.9. The van der Waals surface area contributed by atoms with E-state index in [4.69, 9.17) is 10.2 Å². The van der Waals surface area contributed by atoms with Crippen molar-refractivity contribution in [2.24, 2.45) is 0 Å². The molecule has 0 unspecified atom stereocenters. The Bertz CT molecular complexity index is 402. The van der Waals surface area contributed by atoms with Crippen LogP contribution < -0.4 is 5.32 Å². The van der Waals surface area contributed by atoms with Gasteiger partial charge in [0, 0.05) is 10.5 Å². The number of aliphatic hydroxyl groups excluding tert-OH is 2. The predicted molar refractivity (Wildman–Crippen MR) is 69.3 cm³/mol. The van der Waals surface area contributed by atoms with Crippen molar-refractivity contribution in [3.05, 3.63) is 40.4 Å². The third kappa shape index (κ3) is 5.12. The molecule has 0 heterocycles. The first-order valence-corrected chi connectivity index (χ1v) is 5.91. The van der Waals surface area contributed by atoms with Gasteiger partial charge in [-0.05, 0) is 23.8 Å². The summed E-state index contributed by atoms with van der Waals surface area (Å²) in [7, 11) is 0. The van der Waals surface area contributed by atoms with Gasteiger partial charge in [-0.25, -0.2) is 0 Å². The summed E-state index contributed by atoms with van der Waals surface area (Å²) in [6, 6.07) is 6.88. The Morgan fingerprint density at radius 1 is 1.41 bits per heavy atom. The lowest BCUT2D eigenvalue weighted by atomic mass is 10.2. The summed E-state index contributed by atoms with van der Waals surface area (Å²) in [4.78, 5) is 11.4. The van der Waals surface area contributed by atoms with Crippen LogP contribution in [0.4, 0.5) is 0 Å². The summed E-state index contributed by atoms with van der Waals surface area (Å²) in [5, 5.41) is 20.0. The molecule has 1 aromatic carbocycles. The number of nitrogens with one attached hydrogen (secondary N) is 1. The number of amides is 1. The number of carbonyl (C=O) groups is 1. The molecule has 5 heteroatoms. The van der Waals surface area contributed by atoms with Gasteiger partial charge in [0.05, 0.1) is 19.3 Å². The molecule has 0 aliphatic heterocycles. The number of aliphatic hydroxyl groups is 2. The fourth-order valence-electron chi connectivity index (χ4n) is 1.18. The van der Waals surface area contributed by atoms with E-state index in [2.05, 4.69) is 21.2 Å². The summed E-state index contributed by atoms with van der Waals surface area (Å²) >= 11 is 3.33. The minimum atomic E-state index is -0.616. The van der Waals surface area contributed by atoms with Gasteiger partial charge in [0.2, 0.25) is 5.91 Å². The summed E-state index contributed by atoms with van der Waals surface area (Å²) in [6.07, 6.45) is 3.02. The van der Waals surface area contributed by atoms with E-state index in [9.17, 15) is 4.79 Å². The second-order valence-corrected chi connectivity index (χ2v) is 4.37. The van der Waals surface area contributed by atoms with E-state index in [1.165, 1.54) is 6.08 Å². The molecule has 0 aromatic heterocycles. The number of hydrogen-bond acceptors (Lipinski definition) is 3. The van der Waals surface area contributed by atoms with Crippen LogP contribution in [-0.4, -0.2) is 35.4 Å². The lowest BCUT2D eigenvalue weighted by molar-refractivity contribution is -0.117. The van der Waals surface area contributed by atoms with Crippen molar-refractivity contribution < 1.29 is 15.0 Å². The van der Waals surface area contributed by atoms with Gasteiger partial charge in [-0.1, -0.05) is 28.1 Å². The Balaban J connectivity index is 2.56. The molecule has 1 amide bonds. The molecule has 0 atom stereocenters. The molecule has 17 heavy (non-hydrogen) atoms. The topological polar surface area (TPSA) is 69.6 Å². The molecule has 92 valence electrons. The average Bonchev–Trinajstić information content (AvgIpc) is 2.33. The smallest absolute Gasteiger partial charge is 0.244 e. The fourth-order valence-corrected chi connectivity index (χ4v) is 1.60. The van der Waals surface area contributed by atoms with E-state index in [1.807, 2.05) is 24.3 Å². The van der Waals surface area contributed by atoms with Gasteiger partial charge in [0.15, 0.2) is 0 Å². The quantitative estimate of drug-likeness (QED) is 0.709. The van der Waals surface area contributed by atoms with Crippen LogP contribution in [0.3, 0.4) is 0 Å². The van der Waals surface area contributed by atoms with Crippen molar-refractivity contribution >= 4 is 27.9 Å². The Labute approximate surface area is 108 Å². The van der Waals surface area contributed by atoms with Crippen LogP contribution in [0.1, 0.15) is 5.56 Å². The highest BCUT2D eigenvalue weighted by Gasteiger charge is 2.06. The number of hydrogen-bond donors (Lipinski definition) is 3. The van der Waals surface area contributed by atoms with E-state index in [-0.39, 0.29) is 19.1 Å². The second-order valence-electron chi connectivity index (χ2n) is 3.46. The molecule has 4 nitrogen and oxygen atoms in total. The van der Waals surface area contributed by atoms with Crippen LogP contribution in [0.25, 0.3) is 6.08 Å². The number of halogens is 1. The van der Waals surface area contributed by atoms with Gasteiger partial charge in [-0.15, -0.1) is 0 Å². The van der Waals surface area contributed by atoms with Gasteiger partial charge < -0.3 is 15.5 Å². The van der Waals surface area contributed by atoms with Crippen molar-refractivity contribution in [2.45, 2.75) is 6.04 Å². The van der Waals surface area contributed by atoms with E-state index in [0.29, 0.717) is 0 Å². The molecule has 3 N–H and O–H groups in total. The maximum absolute atomic E-state index is 11.4. The third-order valence-electron chi connectivity index (χ3n) is 2.06. The standard InChI is InChI=1S/C12H14BrNO3/c13-10-3-1-2-9(6-10)4-5-12(17)14-11(7-15)8-16/h1-6,11,15-16H,7-8H2,(H,14,17). The highest BCUT2D eigenvalue weighted by molar-refractivity contribution is 9.10. The van der Waals surface area contributed by atoms with E-state index in [1.54, 1.807) is 6.08 Å². The number of benzene rings is 1. The maximum Gasteiger partial charge on any atom is 0.244 e. The van der Waals surface area contributed by atoms with Crippen LogP contribution in [0.2, 0.25) is 0 Å². The third-order valence-corrected chi connectivity index (χ3v) is 2.56. The van der Waals surface area contributed by atoms with Crippen LogP contribution in [-0.2, 0) is 4.79 Å². The van der Waals surface area contributed by atoms with Crippen molar-refractivity contribution in [3.63, 3.8) is 0 Å². The predicted octanol–water partition coefficient (Wildman–Crippen LogP) is 0.932. The molecule has 0 radical (unpaired) electrons. The van der Waals surface area contributed by atoms with E-state index in [0.717, 1.165) is 10.0 Å². The fraction of sp³-hybridized carbons (Fsp3) is 0.250. The lowest BCUT2D eigenvalue weighted by Gasteiger charge is -2.10. The highest BCUT2D eigenvalue weighted by Crippen LogP contribution is 2.12. The normalized spacial score (nSPS) is 11.1. The SMILES string of the molecule is O=C(C=Cc1cccc(Br)c1)NC(CO)CO. The minimum absolute atomic E-state index is 0.285. The molecule has 1 aromatic rings. The first kappa shape index (κ1) is 13.9. The zero-order valence-electron chi connectivity index (χ0n) is 9.14. The zero-order valence-corrected chi connectivity index (χ0v) is 10.7. The van der Waals surface area contributed by atoms with E-state index < -0.39 is 6.04 Å². The number of carbonyl (C=O) groups excluding carboxylic acids is 1. The van der Waals surface area contributed by atoms with Crippen LogP contribution in [0.15, 0.2) is 34.8 Å². The van der Waals surface area contributed by atoms with Crippen molar-refractivity contribution in [1.82, 2.24) is 5.32 Å². The van der Waals surface area contributed by atoms with Crippen LogP contribution in [0.5, 0.6) is 0 Å². The van der Waals surface area contributed by atoms with Crippen molar-refractivity contribution in [1.29, 1.82) is 0 Å².